The average molecular weight is 227 g/mol. The molecule has 1 aromatic rings. The number of rotatable bonds is 4. The van der Waals surface area contributed by atoms with Crippen molar-refractivity contribution < 1.29 is 0 Å². The SMILES string of the molecule is C=N/C(=C\SCN)c1ccc(Cl)cc1. The molecule has 0 radical (unpaired) electrons. The molecule has 1 rings (SSSR count). The third-order valence-electron chi connectivity index (χ3n) is 1.60. The van der Waals surface area contributed by atoms with Crippen LogP contribution in [-0.2, 0) is 0 Å². The molecular formula is C10H11ClN2S. The number of hydrogen-bond donors (Lipinski definition) is 1. The molecule has 2 nitrogen and oxygen atoms in total. The molecular weight excluding hydrogens is 216 g/mol. The second-order valence-corrected chi connectivity index (χ2v) is 3.84. The highest BCUT2D eigenvalue weighted by Gasteiger charge is 1.97. The van der Waals surface area contributed by atoms with Crippen LogP contribution in [0, 0.1) is 0 Å². The summed E-state index contributed by atoms with van der Waals surface area (Å²) in [6, 6.07) is 7.45. The molecule has 0 fully saturated rings. The van der Waals surface area contributed by atoms with Crippen LogP contribution < -0.4 is 5.73 Å². The summed E-state index contributed by atoms with van der Waals surface area (Å²) in [6.45, 7) is 3.51. The first-order valence-corrected chi connectivity index (χ1v) is 5.45. The van der Waals surface area contributed by atoms with Crippen LogP contribution >= 0.6 is 23.4 Å². The lowest BCUT2D eigenvalue weighted by Crippen LogP contribution is -1.89. The van der Waals surface area contributed by atoms with Crippen LogP contribution in [0.15, 0.2) is 34.7 Å². The first-order chi connectivity index (χ1) is 6.77. The van der Waals surface area contributed by atoms with Gasteiger partial charge in [-0.25, -0.2) is 0 Å². The molecule has 0 aromatic heterocycles. The topological polar surface area (TPSA) is 38.4 Å². The Labute approximate surface area is 92.9 Å². The zero-order valence-electron chi connectivity index (χ0n) is 7.61. The minimum atomic E-state index is 0.534. The number of halogens is 1. The number of benzene rings is 1. The number of hydrogen-bond acceptors (Lipinski definition) is 3. The van der Waals surface area contributed by atoms with Crippen molar-refractivity contribution in [1.29, 1.82) is 0 Å². The van der Waals surface area contributed by atoms with Gasteiger partial charge in [-0.2, -0.15) is 0 Å². The van der Waals surface area contributed by atoms with Crippen molar-refractivity contribution in [2.24, 2.45) is 10.7 Å². The number of nitrogens with two attached hydrogens (primary N) is 1. The van der Waals surface area contributed by atoms with Crippen LogP contribution in [0.25, 0.3) is 5.70 Å². The zero-order valence-corrected chi connectivity index (χ0v) is 9.18. The fourth-order valence-corrected chi connectivity index (χ4v) is 1.53. The van der Waals surface area contributed by atoms with Crippen LogP contribution in [0.5, 0.6) is 0 Å². The number of nitrogens with zero attached hydrogens (tertiary/aromatic N) is 1. The highest BCUT2D eigenvalue weighted by Crippen LogP contribution is 2.20. The zero-order chi connectivity index (χ0) is 10.4. The van der Waals surface area contributed by atoms with Crippen molar-refractivity contribution in [3.05, 3.63) is 40.3 Å². The van der Waals surface area contributed by atoms with Gasteiger partial charge in [-0.15, -0.1) is 11.8 Å². The van der Waals surface area contributed by atoms with Gasteiger partial charge in [-0.3, -0.25) is 4.99 Å². The summed E-state index contributed by atoms with van der Waals surface area (Å²) in [7, 11) is 0. The van der Waals surface area contributed by atoms with Gasteiger partial charge in [0.2, 0.25) is 0 Å². The van der Waals surface area contributed by atoms with E-state index in [1.807, 2.05) is 29.7 Å². The summed E-state index contributed by atoms with van der Waals surface area (Å²) in [6.07, 6.45) is 0. The van der Waals surface area contributed by atoms with Gasteiger partial charge in [0.05, 0.1) is 5.70 Å². The third-order valence-corrected chi connectivity index (χ3v) is 2.44. The Bertz CT molecular complexity index is 332. The Morgan fingerprint density at radius 1 is 1.50 bits per heavy atom. The lowest BCUT2D eigenvalue weighted by molar-refractivity contribution is 1.41. The largest absolute Gasteiger partial charge is 0.322 e. The van der Waals surface area contributed by atoms with E-state index in [1.165, 1.54) is 11.8 Å². The van der Waals surface area contributed by atoms with Crippen molar-refractivity contribution in [2.75, 3.05) is 5.88 Å². The molecule has 14 heavy (non-hydrogen) atoms. The molecule has 4 heteroatoms. The highest BCUT2D eigenvalue weighted by atomic mass is 35.5. The Kier molecular flexibility index (Phi) is 4.73. The van der Waals surface area contributed by atoms with E-state index in [0.717, 1.165) is 11.3 Å². The second-order valence-electron chi connectivity index (χ2n) is 2.50. The van der Waals surface area contributed by atoms with Crippen molar-refractivity contribution in [1.82, 2.24) is 0 Å². The van der Waals surface area contributed by atoms with Gasteiger partial charge < -0.3 is 5.73 Å². The number of aliphatic imine (C=N–C) groups is 1. The van der Waals surface area contributed by atoms with E-state index in [4.69, 9.17) is 17.3 Å². The molecule has 0 spiro atoms. The molecule has 0 amide bonds. The van der Waals surface area contributed by atoms with Crippen LogP contribution in [0.1, 0.15) is 5.56 Å². The van der Waals surface area contributed by atoms with Crippen molar-refractivity contribution in [2.45, 2.75) is 0 Å². The molecule has 0 unspecified atom stereocenters. The first kappa shape index (κ1) is 11.3. The highest BCUT2D eigenvalue weighted by molar-refractivity contribution is 8.02. The van der Waals surface area contributed by atoms with Crippen LogP contribution in [0.2, 0.25) is 5.02 Å². The number of thioether (sulfide) groups is 1. The summed E-state index contributed by atoms with van der Waals surface area (Å²) < 4.78 is 0. The van der Waals surface area contributed by atoms with Crippen LogP contribution in [0.3, 0.4) is 0 Å². The van der Waals surface area contributed by atoms with E-state index in [9.17, 15) is 0 Å². The summed E-state index contributed by atoms with van der Waals surface area (Å²) in [4.78, 5) is 3.92. The van der Waals surface area contributed by atoms with E-state index in [0.29, 0.717) is 10.9 Å². The molecule has 0 atom stereocenters. The maximum Gasteiger partial charge on any atom is 0.0758 e. The Hall–Kier alpha value is -0.770. The standard InChI is InChI=1S/C10H11ClN2S/c1-13-10(6-14-7-12)8-2-4-9(11)5-3-8/h2-6H,1,7,12H2/b10-6-. The lowest BCUT2D eigenvalue weighted by atomic mass is 10.2. The molecule has 0 aliphatic heterocycles. The van der Waals surface area contributed by atoms with E-state index >= 15 is 0 Å². The smallest absolute Gasteiger partial charge is 0.0758 e. The molecule has 0 heterocycles. The summed E-state index contributed by atoms with van der Waals surface area (Å²) in [5.41, 5.74) is 7.18. The average Bonchev–Trinajstić information content (AvgIpc) is 2.21. The molecule has 0 saturated carbocycles. The van der Waals surface area contributed by atoms with E-state index in [2.05, 4.69) is 11.7 Å². The van der Waals surface area contributed by atoms with E-state index in [-0.39, 0.29) is 0 Å². The van der Waals surface area contributed by atoms with Crippen LogP contribution in [0.4, 0.5) is 0 Å². The second kappa shape index (κ2) is 5.86. The molecule has 74 valence electrons. The molecule has 0 saturated heterocycles. The van der Waals surface area contributed by atoms with Gasteiger partial charge in [-0.1, -0.05) is 23.7 Å². The van der Waals surface area contributed by atoms with E-state index in [1.54, 1.807) is 0 Å². The molecule has 1 aromatic carbocycles. The Morgan fingerprint density at radius 3 is 2.64 bits per heavy atom. The van der Waals surface area contributed by atoms with Crippen molar-refractivity contribution in [3.8, 4) is 0 Å². The van der Waals surface area contributed by atoms with Gasteiger partial charge in [-0.05, 0) is 24.3 Å². The predicted molar refractivity (Wildman–Crippen MR) is 65.6 cm³/mol. The fraction of sp³-hybridized carbons (Fsp3) is 0.100. The summed E-state index contributed by atoms with van der Waals surface area (Å²) >= 11 is 7.26. The van der Waals surface area contributed by atoms with Gasteiger partial charge >= 0.3 is 0 Å². The third kappa shape index (κ3) is 3.18. The fourth-order valence-electron chi connectivity index (χ4n) is 0.944. The van der Waals surface area contributed by atoms with Gasteiger partial charge in [0, 0.05) is 16.5 Å². The van der Waals surface area contributed by atoms with Crippen molar-refractivity contribution >= 4 is 35.8 Å². The minimum absolute atomic E-state index is 0.534. The quantitative estimate of drug-likeness (QED) is 0.633. The van der Waals surface area contributed by atoms with E-state index < -0.39 is 0 Å². The summed E-state index contributed by atoms with van der Waals surface area (Å²) in [5, 5.41) is 2.60. The van der Waals surface area contributed by atoms with Gasteiger partial charge in [0.15, 0.2) is 0 Å². The minimum Gasteiger partial charge on any atom is -0.322 e. The first-order valence-electron chi connectivity index (χ1n) is 4.02. The molecule has 0 bridgehead atoms. The van der Waals surface area contributed by atoms with Gasteiger partial charge in [0.1, 0.15) is 0 Å². The van der Waals surface area contributed by atoms with Gasteiger partial charge in [0.25, 0.3) is 0 Å². The monoisotopic (exact) mass is 226 g/mol. The molecule has 2 N–H and O–H groups in total. The maximum absolute atomic E-state index is 5.77. The maximum atomic E-state index is 5.77. The Balaban J connectivity index is 2.89. The molecule has 0 aliphatic carbocycles. The molecule has 0 aliphatic rings. The predicted octanol–water partition coefficient (Wildman–Crippen LogP) is 2.99. The Morgan fingerprint density at radius 2 is 2.14 bits per heavy atom. The normalized spacial score (nSPS) is 11.4. The van der Waals surface area contributed by atoms with Crippen LogP contribution in [-0.4, -0.2) is 12.6 Å². The lowest BCUT2D eigenvalue weighted by Gasteiger charge is -2.01. The summed E-state index contributed by atoms with van der Waals surface area (Å²) in [5.74, 6) is 0.534. The van der Waals surface area contributed by atoms with Crippen molar-refractivity contribution in [3.63, 3.8) is 0 Å².